The van der Waals surface area contributed by atoms with Gasteiger partial charge in [-0.2, -0.15) is 18.4 Å². The minimum Gasteiger partial charge on any atom is -0.261 e. The Balaban J connectivity index is 3.56. The van der Waals surface area contributed by atoms with Crippen molar-refractivity contribution in [3.05, 3.63) is 28.6 Å². The molecule has 0 aliphatic rings. The number of nitrogens with zero attached hydrogens (tertiary/aromatic N) is 2. The molecule has 1 aromatic rings. The first-order valence-corrected chi connectivity index (χ1v) is 4.49. The standard InChI is InChI=1S/C10H7F5N2/c1-5-8(10(13,14)15)7(9(11)12)6(2-3-16)4-17-5/h4,9H,2H2,1H3. The molecule has 0 radical (unpaired) electrons. The van der Waals surface area contributed by atoms with Crippen LogP contribution in [0.3, 0.4) is 0 Å². The van der Waals surface area contributed by atoms with E-state index < -0.39 is 35.8 Å². The number of alkyl halides is 5. The van der Waals surface area contributed by atoms with E-state index in [4.69, 9.17) is 5.26 Å². The van der Waals surface area contributed by atoms with Crippen molar-refractivity contribution >= 4 is 0 Å². The minimum absolute atomic E-state index is 0.388. The van der Waals surface area contributed by atoms with Crippen molar-refractivity contribution in [1.29, 1.82) is 5.26 Å². The first kappa shape index (κ1) is 13.4. The highest BCUT2D eigenvalue weighted by molar-refractivity contribution is 5.40. The third kappa shape index (κ3) is 2.70. The predicted octanol–water partition coefficient (Wildman–Crippen LogP) is 3.41. The molecule has 1 heterocycles. The van der Waals surface area contributed by atoms with Gasteiger partial charge in [-0.1, -0.05) is 0 Å². The van der Waals surface area contributed by atoms with Crippen LogP contribution in [0.5, 0.6) is 0 Å². The molecule has 0 aromatic carbocycles. The molecule has 0 aliphatic heterocycles. The number of halogens is 5. The second-order valence-corrected chi connectivity index (χ2v) is 3.29. The lowest BCUT2D eigenvalue weighted by Crippen LogP contribution is -2.15. The smallest absolute Gasteiger partial charge is 0.261 e. The molecule has 0 fully saturated rings. The molecule has 0 saturated carbocycles. The van der Waals surface area contributed by atoms with Crippen LogP contribution in [0.2, 0.25) is 0 Å². The lowest BCUT2D eigenvalue weighted by atomic mass is 9.99. The van der Waals surface area contributed by atoms with Gasteiger partial charge in [0.25, 0.3) is 6.43 Å². The summed E-state index contributed by atoms with van der Waals surface area (Å²) in [5, 5.41) is 8.38. The third-order valence-electron chi connectivity index (χ3n) is 2.16. The maximum Gasteiger partial charge on any atom is 0.418 e. The molecule has 1 aromatic heterocycles. The Morgan fingerprint density at radius 1 is 1.41 bits per heavy atom. The van der Waals surface area contributed by atoms with Crippen LogP contribution in [0, 0.1) is 18.3 Å². The van der Waals surface area contributed by atoms with E-state index in [9.17, 15) is 22.0 Å². The first-order valence-electron chi connectivity index (χ1n) is 4.49. The van der Waals surface area contributed by atoms with Crippen LogP contribution in [-0.2, 0) is 12.6 Å². The molecule has 0 amide bonds. The zero-order valence-corrected chi connectivity index (χ0v) is 8.65. The van der Waals surface area contributed by atoms with Gasteiger partial charge in [-0.3, -0.25) is 4.98 Å². The Hall–Kier alpha value is -1.71. The van der Waals surface area contributed by atoms with Crippen molar-refractivity contribution in [3.63, 3.8) is 0 Å². The Bertz CT molecular complexity index is 459. The molecule has 92 valence electrons. The molecule has 2 nitrogen and oxygen atoms in total. The second kappa shape index (κ2) is 4.65. The summed E-state index contributed by atoms with van der Waals surface area (Å²) in [6, 6.07) is 1.54. The zero-order valence-electron chi connectivity index (χ0n) is 8.65. The van der Waals surface area contributed by atoms with Crippen LogP contribution in [0.25, 0.3) is 0 Å². The van der Waals surface area contributed by atoms with E-state index in [1.807, 2.05) is 0 Å². The molecule has 17 heavy (non-hydrogen) atoms. The predicted molar refractivity (Wildman–Crippen MR) is 48.3 cm³/mol. The lowest BCUT2D eigenvalue weighted by molar-refractivity contribution is -0.140. The van der Waals surface area contributed by atoms with Crippen LogP contribution >= 0.6 is 0 Å². The highest BCUT2D eigenvalue weighted by Crippen LogP contribution is 2.39. The van der Waals surface area contributed by atoms with Crippen LogP contribution < -0.4 is 0 Å². The van der Waals surface area contributed by atoms with E-state index in [1.165, 1.54) is 6.07 Å². The molecule has 0 atom stereocenters. The average molecular weight is 250 g/mol. The normalized spacial score (nSPS) is 11.6. The molecule has 0 N–H and O–H groups in total. The van der Waals surface area contributed by atoms with Crippen LogP contribution in [-0.4, -0.2) is 4.98 Å². The van der Waals surface area contributed by atoms with Crippen molar-refractivity contribution in [2.45, 2.75) is 25.9 Å². The van der Waals surface area contributed by atoms with Gasteiger partial charge in [-0.25, -0.2) is 8.78 Å². The minimum atomic E-state index is -4.91. The Morgan fingerprint density at radius 3 is 2.41 bits per heavy atom. The van der Waals surface area contributed by atoms with Crippen molar-refractivity contribution in [2.24, 2.45) is 0 Å². The number of rotatable bonds is 2. The summed E-state index contributed by atoms with van der Waals surface area (Å²) in [6.45, 7) is 1.00. The van der Waals surface area contributed by atoms with Gasteiger partial charge < -0.3 is 0 Å². The highest BCUT2D eigenvalue weighted by Gasteiger charge is 2.39. The topological polar surface area (TPSA) is 36.7 Å². The molecule has 0 aliphatic carbocycles. The van der Waals surface area contributed by atoms with E-state index in [-0.39, 0.29) is 5.56 Å². The van der Waals surface area contributed by atoms with E-state index >= 15 is 0 Å². The number of nitriles is 1. The Kier molecular flexibility index (Phi) is 3.66. The molecule has 0 unspecified atom stereocenters. The van der Waals surface area contributed by atoms with Crippen LogP contribution in [0.1, 0.15) is 28.8 Å². The summed E-state index contributed by atoms with van der Waals surface area (Å²) >= 11 is 0. The van der Waals surface area contributed by atoms with E-state index in [0.29, 0.717) is 0 Å². The third-order valence-corrected chi connectivity index (χ3v) is 2.16. The van der Waals surface area contributed by atoms with Gasteiger partial charge in [-0.05, 0) is 12.5 Å². The fourth-order valence-corrected chi connectivity index (χ4v) is 1.50. The van der Waals surface area contributed by atoms with Gasteiger partial charge in [0.15, 0.2) is 0 Å². The van der Waals surface area contributed by atoms with Gasteiger partial charge in [0.2, 0.25) is 0 Å². The summed E-state index contributed by atoms with van der Waals surface area (Å²) in [4.78, 5) is 3.40. The molecule has 0 spiro atoms. The molecule has 7 heteroatoms. The van der Waals surface area contributed by atoms with E-state index in [0.717, 1.165) is 13.1 Å². The summed E-state index contributed by atoms with van der Waals surface area (Å²) < 4.78 is 63.3. The van der Waals surface area contributed by atoms with Gasteiger partial charge >= 0.3 is 6.18 Å². The molecule has 1 rings (SSSR count). The summed E-state index contributed by atoms with van der Waals surface area (Å²) in [7, 11) is 0. The maximum absolute atomic E-state index is 12.7. The van der Waals surface area contributed by atoms with Crippen molar-refractivity contribution in [1.82, 2.24) is 4.98 Å². The van der Waals surface area contributed by atoms with Crippen LogP contribution in [0.15, 0.2) is 6.20 Å². The van der Waals surface area contributed by atoms with E-state index in [1.54, 1.807) is 0 Å². The lowest BCUT2D eigenvalue weighted by Gasteiger charge is -2.16. The van der Waals surface area contributed by atoms with Crippen molar-refractivity contribution in [3.8, 4) is 6.07 Å². The van der Waals surface area contributed by atoms with Crippen LogP contribution in [0.4, 0.5) is 22.0 Å². The van der Waals surface area contributed by atoms with Crippen molar-refractivity contribution < 1.29 is 22.0 Å². The Labute approximate surface area is 93.7 Å². The largest absolute Gasteiger partial charge is 0.418 e. The zero-order chi connectivity index (χ0) is 13.2. The fourth-order valence-electron chi connectivity index (χ4n) is 1.50. The average Bonchev–Trinajstić information content (AvgIpc) is 2.18. The summed E-state index contributed by atoms with van der Waals surface area (Å²) in [6.07, 6.45) is -7.85. The summed E-state index contributed by atoms with van der Waals surface area (Å²) in [5.41, 5.74) is -3.50. The van der Waals surface area contributed by atoms with Crippen molar-refractivity contribution in [2.75, 3.05) is 0 Å². The van der Waals surface area contributed by atoms with Gasteiger partial charge in [-0.15, -0.1) is 0 Å². The Morgan fingerprint density at radius 2 is 2.00 bits per heavy atom. The number of hydrogen-bond donors (Lipinski definition) is 0. The van der Waals surface area contributed by atoms with Gasteiger partial charge in [0.1, 0.15) is 0 Å². The first-order chi connectivity index (χ1) is 7.79. The molecular formula is C10H7F5N2. The number of hydrogen-bond acceptors (Lipinski definition) is 2. The monoisotopic (exact) mass is 250 g/mol. The van der Waals surface area contributed by atoms with Gasteiger partial charge in [0.05, 0.1) is 18.1 Å². The molecular weight excluding hydrogens is 243 g/mol. The number of aryl methyl sites for hydroxylation is 1. The second-order valence-electron chi connectivity index (χ2n) is 3.29. The number of aromatic nitrogens is 1. The highest BCUT2D eigenvalue weighted by atomic mass is 19.4. The maximum atomic E-state index is 12.7. The molecule has 0 bridgehead atoms. The number of pyridine rings is 1. The van der Waals surface area contributed by atoms with E-state index in [2.05, 4.69) is 4.98 Å². The SMILES string of the molecule is Cc1ncc(CC#N)c(C(F)F)c1C(F)(F)F. The summed E-state index contributed by atoms with van der Waals surface area (Å²) in [5.74, 6) is 0. The van der Waals surface area contributed by atoms with Gasteiger partial charge in [0, 0.05) is 17.5 Å². The fraction of sp³-hybridized carbons (Fsp3) is 0.400. The molecule has 0 saturated heterocycles. The quantitative estimate of drug-likeness (QED) is 0.754.